The summed E-state index contributed by atoms with van der Waals surface area (Å²) in [5, 5.41) is 22.8. The van der Waals surface area contributed by atoms with E-state index in [2.05, 4.69) is 12.3 Å². The molecule has 0 aromatic heterocycles. The molecular formula is C7H21N5O7. The predicted octanol–water partition coefficient (Wildman–Crippen LogP) is -2.19. The zero-order valence-corrected chi connectivity index (χ0v) is 9.75. The first-order chi connectivity index (χ1) is 11.2. The Labute approximate surface area is 116 Å². The van der Waals surface area contributed by atoms with Crippen LogP contribution >= 0.6 is 0 Å². The Balaban J connectivity index is -0.0000000714. The number of nitrogens with two attached hydrogens (primary N) is 2. The average Bonchev–Trinajstić information content (AvgIpc) is 2.57. The molecule has 0 rings (SSSR count). The van der Waals surface area contributed by atoms with Crippen molar-refractivity contribution in [3.8, 4) is 0 Å². The van der Waals surface area contributed by atoms with Crippen molar-refractivity contribution in [3.05, 3.63) is 0 Å². The monoisotopic (exact) mass is 297 g/mol. The van der Waals surface area contributed by atoms with E-state index in [4.69, 9.17) is 22.4 Å². The van der Waals surface area contributed by atoms with Crippen LogP contribution in [-0.2, 0) is 19.2 Å². The van der Waals surface area contributed by atoms with Crippen LogP contribution in [0.1, 0.15) is 14.2 Å². The maximum Gasteiger partial charge on any atom is 0.314 e. The number of carbonyl (C=O) groups is 4. The average molecular weight is 297 g/mol. The first-order valence-electron chi connectivity index (χ1n) is 6.62. The summed E-state index contributed by atoms with van der Waals surface area (Å²) >= 11 is 0. The van der Waals surface area contributed by atoms with E-state index < -0.39 is 36.6 Å². The van der Waals surface area contributed by atoms with E-state index in [0.29, 0.717) is 0 Å². The second kappa shape index (κ2) is 21.1. The highest BCUT2D eigenvalue weighted by Crippen LogP contribution is 1.74. The highest BCUT2D eigenvalue weighted by molar-refractivity contribution is 5.95. The Hall–Kier alpha value is -2.28. The first kappa shape index (κ1) is 14.8. The van der Waals surface area contributed by atoms with Gasteiger partial charge in [-0.15, -0.1) is 0 Å². The zero-order valence-electron chi connectivity index (χ0n) is 14.8. The molecule has 0 aromatic carbocycles. The third-order valence-electron chi connectivity index (χ3n) is 0.624. The lowest BCUT2D eigenvalue weighted by atomic mass is 10.4. The number of aliphatic carboxylic acids is 2. The molecule has 0 fully saturated rings. The van der Waals surface area contributed by atoms with Gasteiger partial charge in [-0.05, 0) is 0 Å². The molecular weight excluding hydrogens is 266 g/mol. The minimum absolute atomic E-state index is 0.125. The van der Waals surface area contributed by atoms with Gasteiger partial charge in [0.15, 0.2) is 2.82 Å². The van der Waals surface area contributed by atoms with E-state index in [-0.39, 0.29) is 7.02 Å². The molecule has 0 aromatic rings. The molecule has 116 valence electrons. The van der Waals surface area contributed by atoms with Crippen molar-refractivity contribution in [2.24, 2.45) is 11.5 Å². The molecule has 0 bridgehead atoms. The maximum atomic E-state index is 10.1. The molecule has 0 unspecified atom stereocenters. The van der Waals surface area contributed by atoms with Crippen LogP contribution < -0.4 is 29.2 Å². The number of hydroxylamine groups is 1. The van der Waals surface area contributed by atoms with E-state index >= 15 is 0 Å². The Morgan fingerprint density at radius 3 is 1.53 bits per heavy atom. The molecule has 0 aliphatic rings. The summed E-state index contributed by atoms with van der Waals surface area (Å²) in [6.07, 6.45) is 6.23. The lowest BCUT2D eigenvalue weighted by molar-refractivity contribution is -0.147. The number of amides is 2. The molecule has 2 amide bonds. The minimum Gasteiger partial charge on any atom is -0.481 e. The summed E-state index contributed by atoms with van der Waals surface area (Å²) in [6.45, 7) is 0. The van der Waals surface area contributed by atoms with E-state index in [1.54, 1.807) is 5.48 Å². The summed E-state index contributed by atoms with van der Waals surface area (Å²) in [5.74, 6) is -4.07. The molecule has 14 N–H and O–H groups in total. The fourth-order valence-electron chi connectivity index (χ4n) is 0.275. The van der Waals surface area contributed by atoms with Crippen LogP contribution in [0.25, 0.3) is 0 Å². The molecule has 0 aliphatic carbocycles. The lowest BCUT2D eigenvalue weighted by Crippen LogP contribution is -2.21. The predicted molar refractivity (Wildman–Crippen MR) is 63.8 cm³/mol. The second-order valence-corrected chi connectivity index (χ2v) is 2.15. The van der Waals surface area contributed by atoms with E-state index in [9.17, 15) is 19.2 Å². The number of rotatable bonds is 4. The van der Waals surface area contributed by atoms with Crippen LogP contribution in [0.5, 0.6) is 0 Å². The van der Waals surface area contributed by atoms with Crippen LogP contribution in [-0.4, -0.2) is 46.2 Å². The fourth-order valence-corrected chi connectivity index (χ4v) is 0.275. The molecule has 0 aliphatic heterocycles. The van der Waals surface area contributed by atoms with Crippen LogP contribution in [0, 0.1) is 0 Å². The zero-order chi connectivity index (χ0) is 20.6. The number of carbonyl (C=O) groups excluding carboxylic acids is 2. The number of carboxylic acid groups (broad SMARTS) is 2. The number of carboxylic acids is 2. The standard InChI is InChI=1S/C3H6N2O2.C3H4O4.CH5NO.2H3N/c4-2(6)1-3(5)7;4-2(5)1-3(6)7;1-2-3;;/h1H2,(H2,4,6)(H2,5,7);1H2,(H,4,5)(H,6,7);2-3H,1H3;2*1H3/i;;1T;;/hT4. The van der Waals surface area contributed by atoms with Crippen LogP contribution in [0.2, 0.25) is 5.65 Å². The number of primary amides is 2. The van der Waals surface area contributed by atoms with Gasteiger partial charge < -0.3 is 39.2 Å². The molecule has 0 saturated heterocycles. The number of hydrogen-bond donors (Lipinski definition) is 8. The van der Waals surface area contributed by atoms with Gasteiger partial charge in [0.2, 0.25) is 11.8 Å². The minimum atomic E-state index is -1.31. The summed E-state index contributed by atoms with van der Waals surface area (Å²) in [7, 11) is -0.125. The van der Waals surface area contributed by atoms with Gasteiger partial charge >= 0.3 is 11.9 Å². The van der Waals surface area contributed by atoms with Crippen molar-refractivity contribution in [1.29, 1.82) is 0 Å². The van der Waals surface area contributed by atoms with E-state index in [0.717, 1.165) is 0 Å². The molecule has 19 heavy (non-hydrogen) atoms. The van der Waals surface area contributed by atoms with E-state index in [1.807, 2.05) is 0 Å². The highest BCUT2D eigenvalue weighted by atomic mass is 16.5. The van der Waals surface area contributed by atoms with Gasteiger partial charge in [0.1, 0.15) is 15.7 Å². The van der Waals surface area contributed by atoms with Gasteiger partial charge in [0.25, 0.3) is 0 Å². The Morgan fingerprint density at radius 1 is 1.11 bits per heavy atom. The maximum absolute atomic E-state index is 10.1. The summed E-state index contributed by atoms with van der Waals surface area (Å²) < 4.78 is 29.1. The Bertz CT molecular complexity index is 298. The van der Waals surface area contributed by atoms with Crippen molar-refractivity contribution in [1.82, 2.24) is 17.8 Å². The van der Waals surface area contributed by atoms with E-state index in [1.165, 1.54) is 11.5 Å². The largest absolute Gasteiger partial charge is 0.481 e. The Morgan fingerprint density at radius 2 is 1.42 bits per heavy atom. The van der Waals surface area contributed by atoms with Crippen molar-refractivity contribution in [2.75, 3.05) is 7.02 Å². The third-order valence-corrected chi connectivity index (χ3v) is 0.624. The van der Waals surface area contributed by atoms with Crippen molar-refractivity contribution in [3.63, 3.8) is 0 Å². The van der Waals surface area contributed by atoms with Gasteiger partial charge in [-0.1, -0.05) is 0 Å². The van der Waals surface area contributed by atoms with Crippen molar-refractivity contribution >= 4 is 23.8 Å². The van der Waals surface area contributed by atoms with Crippen LogP contribution in [0.15, 0.2) is 0 Å². The normalized spacial score (nSPS) is 9.32. The first-order valence-corrected chi connectivity index (χ1v) is 3.76. The van der Waals surface area contributed by atoms with Crippen LogP contribution in [0.4, 0.5) is 0 Å². The second-order valence-electron chi connectivity index (χ2n) is 2.15. The smallest absolute Gasteiger partial charge is 0.314 e. The number of nitrogens with one attached hydrogen (secondary N) is 1. The van der Waals surface area contributed by atoms with Crippen LogP contribution in [0.3, 0.4) is 0 Å². The molecule has 0 heterocycles. The van der Waals surface area contributed by atoms with Gasteiger partial charge in [-0.2, -0.15) is 0 Å². The van der Waals surface area contributed by atoms with Gasteiger partial charge in [-0.3, -0.25) is 19.2 Å². The topological polar surface area (TPSA) is 263 Å². The SMILES string of the molecule is O=C(O)CC(=O)O.[3H]CNO.[3H]N.[3H]N.[3H]NC(=O)CC(=O)N[3H]. The summed E-state index contributed by atoms with van der Waals surface area (Å²) in [4.78, 5) is 39.1. The van der Waals surface area contributed by atoms with Gasteiger partial charge in [-0.25, -0.2) is 5.48 Å². The molecule has 0 radical (unpaired) electrons. The summed E-state index contributed by atoms with van der Waals surface area (Å²) in [5.41, 5.74) is 4.59. The molecule has 0 saturated carbocycles. The molecule has 0 spiro atoms. The highest BCUT2D eigenvalue weighted by Gasteiger charge is 2.01. The molecule has 12 nitrogen and oxygen atoms in total. The Kier molecular flexibility index (Phi) is 16.4. The quantitative estimate of drug-likeness (QED) is 0.205. The summed E-state index contributed by atoms with van der Waals surface area (Å²) in [6, 6.07) is 0. The van der Waals surface area contributed by atoms with Gasteiger partial charge in [0.05, 0.1) is 0 Å². The van der Waals surface area contributed by atoms with Crippen molar-refractivity contribution < 1.29 is 41.6 Å². The fraction of sp³-hybridized carbons (Fsp3) is 0.429. The van der Waals surface area contributed by atoms with Gasteiger partial charge in [0, 0.05) is 8.39 Å². The number of hydrogen-bond acceptors (Lipinski definition) is 8. The third kappa shape index (κ3) is 90.4. The lowest BCUT2D eigenvalue weighted by Gasteiger charge is -1.82. The molecule has 0 atom stereocenters. The molecule has 12 heteroatoms. The van der Waals surface area contributed by atoms with Crippen molar-refractivity contribution in [2.45, 2.75) is 12.8 Å².